The number of aromatic nitrogens is 2. The number of benzene rings is 2. The summed E-state index contributed by atoms with van der Waals surface area (Å²) in [6.45, 7) is 3.25. The van der Waals surface area contributed by atoms with E-state index in [1.807, 2.05) is 36.4 Å². The van der Waals surface area contributed by atoms with Crippen molar-refractivity contribution in [2.45, 2.75) is 61.5 Å². The Hall–Kier alpha value is -2.16. The summed E-state index contributed by atoms with van der Waals surface area (Å²) in [4.78, 5) is 17.9. The number of fused-ring (bicyclic) bond motifs is 1. The Bertz CT molecular complexity index is 1280. The van der Waals surface area contributed by atoms with Crippen molar-refractivity contribution in [1.82, 2.24) is 13.9 Å². The van der Waals surface area contributed by atoms with Gasteiger partial charge in [-0.05, 0) is 49.8 Å². The lowest BCUT2D eigenvalue weighted by atomic mass is 10.0. The van der Waals surface area contributed by atoms with Crippen LogP contribution in [-0.4, -0.2) is 46.9 Å². The molecule has 1 saturated carbocycles. The molecule has 2 aromatic carbocycles. The second-order valence-electron chi connectivity index (χ2n) is 9.54. The molecule has 34 heavy (non-hydrogen) atoms. The van der Waals surface area contributed by atoms with E-state index >= 15 is 0 Å². The fourth-order valence-electron chi connectivity index (χ4n) is 5.19. The van der Waals surface area contributed by atoms with E-state index < -0.39 is 10.0 Å². The van der Waals surface area contributed by atoms with Crippen molar-refractivity contribution in [3.8, 4) is 0 Å². The average Bonchev–Trinajstić information content (AvgIpc) is 3.50. The van der Waals surface area contributed by atoms with Gasteiger partial charge in [-0.1, -0.05) is 61.9 Å². The number of Topliss-reactive ketones (excluding diaryl/α,β-unsaturated/α-hetero) is 1. The number of imidazole rings is 1. The van der Waals surface area contributed by atoms with Crippen molar-refractivity contribution in [1.29, 1.82) is 0 Å². The summed E-state index contributed by atoms with van der Waals surface area (Å²) in [6, 6.07) is 15.0. The summed E-state index contributed by atoms with van der Waals surface area (Å²) in [6.07, 6.45) is 6.48. The number of thioether (sulfide) groups is 1. The fraction of sp³-hybridized carbons (Fsp3) is 0.462. The molecular weight excluding hydrogens is 466 g/mol. The van der Waals surface area contributed by atoms with Gasteiger partial charge >= 0.3 is 0 Å². The third-order valence-electron chi connectivity index (χ3n) is 7.00. The van der Waals surface area contributed by atoms with E-state index in [0.29, 0.717) is 46.8 Å². The Labute approximate surface area is 205 Å². The second-order valence-corrected chi connectivity index (χ2v) is 12.4. The number of hydrogen-bond donors (Lipinski definition) is 0. The lowest BCUT2D eigenvalue weighted by Gasteiger charge is -2.30. The van der Waals surface area contributed by atoms with E-state index in [1.54, 1.807) is 16.4 Å². The van der Waals surface area contributed by atoms with Crippen molar-refractivity contribution in [3.05, 3.63) is 54.1 Å². The molecule has 1 aromatic heterocycles. The molecule has 0 radical (unpaired) electrons. The highest BCUT2D eigenvalue weighted by Gasteiger charge is 2.30. The second kappa shape index (κ2) is 9.84. The molecule has 8 heteroatoms. The zero-order chi connectivity index (χ0) is 23.7. The molecule has 0 amide bonds. The fourth-order valence-corrected chi connectivity index (χ4v) is 7.78. The van der Waals surface area contributed by atoms with Crippen LogP contribution in [0.25, 0.3) is 11.0 Å². The summed E-state index contributed by atoms with van der Waals surface area (Å²) < 4.78 is 30.5. The van der Waals surface area contributed by atoms with Crippen LogP contribution >= 0.6 is 11.8 Å². The third-order valence-corrected chi connectivity index (χ3v) is 9.82. The number of sulfonamides is 1. The van der Waals surface area contributed by atoms with Crippen LogP contribution in [0.1, 0.15) is 61.8 Å². The molecule has 1 saturated heterocycles. The SMILES string of the molecule is C[C@@H]1CCCN(S(=O)(=O)c2ccc3c(c2)nc(SCC(=O)c2ccccc2)n3C2CCCC2)C1. The molecule has 2 aliphatic rings. The molecular formula is C26H31N3O3S2. The third kappa shape index (κ3) is 4.68. The van der Waals surface area contributed by atoms with Crippen molar-refractivity contribution >= 4 is 38.6 Å². The Morgan fingerprint density at radius 2 is 1.82 bits per heavy atom. The van der Waals surface area contributed by atoms with Gasteiger partial charge in [0.2, 0.25) is 10.0 Å². The predicted octanol–water partition coefficient (Wildman–Crippen LogP) is 5.55. The zero-order valence-corrected chi connectivity index (χ0v) is 21.2. The standard InChI is InChI=1S/C26H31N3O3S2/c1-19-8-7-15-28(17-19)34(31,32)22-13-14-24-23(16-22)27-26(29(24)21-11-5-6-12-21)33-18-25(30)20-9-3-2-4-10-20/h2-4,9-10,13-14,16,19,21H,5-8,11-12,15,17-18H2,1H3/t19-/m1/s1. The number of carbonyl (C=O) groups is 1. The first-order valence-corrected chi connectivity index (χ1v) is 14.6. The maximum absolute atomic E-state index is 13.3. The Kier molecular flexibility index (Phi) is 6.82. The molecule has 1 aliphatic heterocycles. The lowest BCUT2D eigenvalue weighted by molar-refractivity contribution is 0.102. The molecule has 0 unspecified atom stereocenters. The van der Waals surface area contributed by atoms with E-state index in [-0.39, 0.29) is 5.78 Å². The van der Waals surface area contributed by atoms with E-state index in [0.717, 1.165) is 36.4 Å². The van der Waals surface area contributed by atoms with Crippen molar-refractivity contribution in [3.63, 3.8) is 0 Å². The minimum atomic E-state index is -3.55. The van der Waals surface area contributed by atoms with Gasteiger partial charge in [0.1, 0.15) is 0 Å². The van der Waals surface area contributed by atoms with Gasteiger partial charge in [-0.3, -0.25) is 4.79 Å². The minimum absolute atomic E-state index is 0.0677. The van der Waals surface area contributed by atoms with Crippen LogP contribution in [0.2, 0.25) is 0 Å². The first kappa shape index (κ1) is 23.6. The van der Waals surface area contributed by atoms with Crippen LogP contribution in [0, 0.1) is 5.92 Å². The highest BCUT2D eigenvalue weighted by Crippen LogP contribution is 2.37. The molecule has 5 rings (SSSR count). The highest BCUT2D eigenvalue weighted by molar-refractivity contribution is 7.99. The molecule has 180 valence electrons. The Morgan fingerprint density at radius 1 is 1.06 bits per heavy atom. The average molecular weight is 498 g/mol. The summed E-state index contributed by atoms with van der Waals surface area (Å²) in [7, 11) is -3.55. The molecule has 6 nitrogen and oxygen atoms in total. The molecule has 0 spiro atoms. The summed E-state index contributed by atoms with van der Waals surface area (Å²) in [5.74, 6) is 0.744. The largest absolute Gasteiger partial charge is 0.316 e. The zero-order valence-electron chi connectivity index (χ0n) is 19.5. The summed E-state index contributed by atoms with van der Waals surface area (Å²) in [5, 5.41) is 0.798. The maximum Gasteiger partial charge on any atom is 0.243 e. The number of piperidine rings is 1. The number of rotatable bonds is 7. The quantitative estimate of drug-likeness (QED) is 0.316. The predicted molar refractivity (Wildman–Crippen MR) is 136 cm³/mol. The topological polar surface area (TPSA) is 72.3 Å². The van der Waals surface area contributed by atoms with E-state index in [4.69, 9.17) is 4.98 Å². The van der Waals surface area contributed by atoms with Crippen LogP contribution in [0.4, 0.5) is 0 Å². The van der Waals surface area contributed by atoms with Gasteiger partial charge in [-0.25, -0.2) is 13.4 Å². The van der Waals surface area contributed by atoms with E-state index in [9.17, 15) is 13.2 Å². The van der Waals surface area contributed by atoms with Gasteiger partial charge in [-0.15, -0.1) is 0 Å². The minimum Gasteiger partial charge on any atom is -0.316 e. The molecule has 2 heterocycles. The molecule has 0 bridgehead atoms. The van der Waals surface area contributed by atoms with Gasteiger partial charge in [0.25, 0.3) is 0 Å². The number of ketones is 1. The maximum atomic E-state index is 13.3. The molecule has 3 aromatic rings. The van der Waals surface area contributed by atoms with E-state index in [1.165, 1.54) is 24.6 Å². The van der Waals surface area contributed by atoms with Crippen molar-refractivity contribution in [2.75, 3.05) is 18.8 Å². The van der Waals surface area contributed by atoms with Crippen LogP contribution in [0.5, 0.6) is 0 Å². The molecule has 2 fully saturated rings. The Morgan fingerprint density at radius 3 is 2.56 bits per heavy atom. The van der Waals surface area contributed by atoms with Crippen LogP contribution in [0.3, 0.4) is 0 Å². The lowest BCUT2D eigenvalue weighted by Crippen LogP contribution is -2.39. The van der Waals surface area contributed by atoms with Crippen LogP contribution in [-0.2, 0) is 10.0 Å². The molecule has 0 N–H and O–H groups in total. The van der Waals surface area contributed by atoms with Gasteiger partial charge in [-0.2, -0.15) is 4.31 Å². The summed E-state index contributed by atoms with van der Waals surface area (Å²) >= 11 is 1.45. The van der Waals surface area contributed by atoms with Crippen LogP contribution < -0.4 is 0 Å². The number of hydrogen-bond acceptors (Lipinski definition) is 5. The molecule has 1 aliphatic carbocycles. The molecule has 1 atom stereocenters. The van der Waals surface area contributed by atoms with Crippen LogP contribution in [0.15, 0.2) is 58.6 Å². The van der Waals surface area contributed by atoms with Gasteiger partial charge in [0.15, 0.2) is 10.9 Å². The highest BCUT2D eigenvalue weighted by atomic mass is 32.2. The number of nitrogens with zero attached hydrogens (tertiary/aromatic N) is 3. The van der Waals surface area contributed by atoms with Crippen molar-refractivity contribution in [2.24, 2.45) is 5.92 Å². The number of carbonyl (C=O) groups excluding carboxylic acids is 1. The Balaban J connectivity index is 1.47. The first-order chi connectivity index (χ1) is 16.4. The first-order valence-electron chi connectivity index (χ1n) is 12.2. The van der Waals surface area contributed by atoms with Gasteiger partial charge in [0.05, 0.1) is 21.7 Å². The van der Waals surface area contributed by atoms with Crippen molar-refractivity contribution < 1.29 is 13.2 Å². The normalized spacial score (nSPS) is 20.2. The van der Waals surface area contributed by atoms with E-state index in [2.05, 4.69) is 11.5 Å². The monoisotopic (exact) mass is 497 g/mol. The summed E-state index contributed by atoms with van der Waals surface area (Å²) in [5.41, 5.74) is 2.34. The smallest absolute Gasteiger partial charge is 0.243 e. The van der Waals surface area contributed by atoms with Gasteiger partial charge in [0, 0.05) is 24.7 Å². The van der Waals surface area contributed by atoms with Gasteiger partial charge < -0.3 is 4.57 Å².